The van der Waals surface area contributed by atoms with Gasteiger partial charge in [0.15, 0.2) is 5.78 Å². The second-order valence-electron chi connectivity index (χ2n) is 10.4. The Bertz CT molecular complexity index is 1760. The van der Waals surface area contributed by atoms with Gasteiger partial charge in [0.05, 0.1) is 22.4 Å². The number of hydrogen-bond donors (Lipinski definition) is 0. The van der Waals surface area contributed by atoms with Gasteiger partial charge in [-0.3, -0.25) is 19.2 Å². The smallest absolute Gasteiger partial charge is 0.339 e. The number of carbonyl (C=O) groups excluding carboxylic acids is 4. The second kappa shape index (κ2) is 11.9. The minimum Gasteiger partial charge on any atom is -0.379 e. The summed E-state index contributed by atoms with van der Waals surface area (Å²) < 4.78 is 30.5. The van der Waals surface area contributed by atoms with Crippen molar-refractivity contribution in [3.05, 3.63) is 106 Å². The maximum absolute atomic E-state index is 13.8. The highest BCUT2D eigenvalue weighted by atomic mass is 35.5. The molecule has 12 heteroatoms. The van der Waals surface area contributed by atoms with Crippen molar-refractivity contribution in [1.82, 2.24) is 10.0 Å². The number of ketones is 1. The van der Waals surface area contributed by atoms with E-state index in [1.165, 1.54) is 54.6 Å². The van der Waals surface area contributed by atoms with E-state index in [-0.39, 0.29) is 37.7 Å². The average Bonchev–Trinajstić information content (AvgIpc) is 3.22. The van der Waals surface area contributed by atoms with E-state index in [9.17, 15) is 27.6 Å². The number of fused-ring (bicyclic) bond motifs is 1. The highest BCUT2D eigenvalue weighted by molar-refractivity contribution is 7.87. The quantitative estimate of drug-likeness (QED) is 0.138. The first kappa shape index (κ1) is 30.5. The van der Waals surface area contributed by atoms with Gasteiger partial charge < -0.3 is 4.18 Å². The number of benzene rings is 3. The summed E-state index contributed by atoms with van der Waals surface area (Å²) in [5, 5.41) is 1.84. The lowest BCUT2D eigenvalue weighted by Crippen LogP contribution is -2.52. The lowest BCUT2D eigenvalue weighted by molar-refractivity contribution is -0.154. The topological polar surface area (TPSA) is 118 Å². The molecule has 3 atom stereocenters. The Labute approximate surface area is 258 Å². The van der Waals surface area contributed by atoms with Gasteiger partial charge in [-0.05, 0) is 73.9 Å². The molecule has 1 fully saturated rings. The van der Waals surface area contributed by atoms with Crippen molar-refractivity contribution >= 4 is 56.8 Å². The Balaban J connectivity index is 1.41. The van der Waals surface area contributed by atoms with E-state index in [1.807, 2.05) is 26.0 Å². The third-order valence-electron chi connectivity index (χ3n) is 7.47. The number of hydrogen-bond acceptors (Lipinski definition) is 7. The molecule has 3 aromatic carbocycles. The Kier molecular flexibility index (Phi) is 8.47. The van der Waals surface area contributed by atoms with Crippen LogP contribution < -0.4 is 4.18 Å². The average molecular weight is 642 g/mol. The van der Waals surface area contributed by atoms with Crippen molar-refractivity contribution in [2.24, 2.45) is 17.8 Å². The lowest BCUT2D eigenvalue weighted by atomic mass is 9.78. The van der Waals surface area contributed by atoms with Gasteiger partial charge in [0, 0.05) is 10.6 Å². The Morgan fingerprint density at radius 3 is 2.28 bits per heavy atom. The van der Waals surface area contributed by atoms with E-state index in [0.29, 0.717) is 6.42 Å². The molecule has 2 aliphatic rings. The van der Waals surface area contributed by atoms with E-state index >= 15 is 0 Å². The van der Waals surface area contributed by atoms with Crippen LogP contribution in [0.2, 0.25) is 10.0 Å². The maximum Gasteiger partial charge on any atom is 0.339 e. The van der Waals surface area contributed by atoms with Gasteiger partial charge in [-0.15, -0.1) is 0 Å². The predicted molar refractivity (Wildman–Crippen MR) is 159 cm³/mol. The second-order valence-corrected chi connectivity index (χ2v) is 12.8. The molecule has 1 saturated heterocycles. The molecule has 0 radical (unpaired) electrons. The Hall–Kier alpha value is -3.99. The number of hydrazine groups is 1. The van der Waals surface area contributed by atoms with Crippen LogP contribution in [0, 0.1) is 24.7 Å². The fourth-order valence-corrected chi connectivity index (χ4v) is 6.63. The standard InChI is InChI=1S/C31H26Cl2N2O7S/c1-18-6-13-23(14-7-18)43(40,41)42-22-11-8-20(9-12-22)27(36)17-34(29(37)24-15-10-21(32)16-26(24)33)35-30(38)25-5-3-4-19(2)28(25)31(35)39/h3-4,6-16,19,25,28H,5,17H2,1-2H3/t19-,25-,28-/m1/s1. The zero-order valence-electron chi connectivity index (χ0n) is 23.1. The molecule has 0 saturated carbocycles. The number of halogens is 2. The molecular formula is C31H26Cl2N2O7S. The van der Waals surface area contributed by atoms with Crippen molar-refractivity contribution in [2.45, 2.75) is 25.2 Å². The molecule has 0 unspecified atom stereocenters. The van der Waals surface area contributed by atoms with Crippen LogP contribution in [-0.4, -0.2) is 48.5 Å². The van der Waals surface area contributed by atoms with Gasteiger partial charge in [-0.1, -0.05) is 60.0 Å². The normalized spacial score (nSPS) is 19.7. The maximum atomic E-state index is 13.8. The van der Waals surface area contributed by atoms with Gasteiger partial charge in [0.1, 0.15) is 17.2 Å². The van der Waals surface area contributed by atoms with Crippen molar-refractivity contribution in [1.29, 1.82) is 0 Å². The molecule has 0 N–H and O–H groups in total. The first-order valence-corrected chi connectivity index (χ1v) is 15.5. The third kappa shape index (κ3) is 6.08. The van der Waals surface area contributed by atoms with Crippen molar-refractivity contribution in [3.63, 3.8) is 0 Å². The highest BCUT2D eigenvalue weighted by Gasteiger charge is 2.53. The van der Waals surface area contributed by atoms with Crippen molar-refractivity contribution < 1.29 is 31.8 Å². The van der Waals surface area contributed by atoms with E-state index in [4.69, 9.17) is 27.4 Å². The number of carbonyl (C=O) groups is 4. The molecule has 1 aliphatic carbocycles. The minimum atomic E-state index is -4.12. The number of amides is 3. The number of allylic oxidation sites excluding steroid dienone is 2. The zero-order valence-corrected chi connectivity index (χ0v) is 25.4. The van der Waals surface area contributed by atoms with E-state index in [0.717, 1.165) is 15.6 Å². The highest BCUT2D eigenvalue weighted by Crippen LogP contribution is 2.39. The van der Waals surface area contributed by atoms with Crippen LogP contribution >= 0.6 is 23.2 Å². The molecule has 3 aromatic rings. The van der Waals surface area contributed by atoms with Gasteiger partial charge in [0.2, 0.25) is 0 Å². The van der Waals surface area contributed by atoms with Crippen LogP contribution in [-0.2, 0) is 19.7 Å². The number of aryl methyl sites for hydroxylation is 1. The summed E-state index contributed by atoms with van der Waals surface area (Å²) in [7, 11) is -4.12. The van der Waals surface area contributed by atoms with Crippen LogP contribution in [0.15, 0.2) is 83.8 Å². The fraction of sp³-hybridized carbons (Fsp3) is 0.226. The summed E-state index contributed by atoms with van der Waals surface area (Å²) in [5.74, 6) is -4.22. The van der Waals surface area contributed by atoms with E-state index in [1.54, 1.807) is 12.1 Å². The number of Topliss-reactive ketones (excluding diaryl/α,β-unsaturated/α-hetero) is 1. The molecule has 43 heavy (non-hydrogen) atoms. The number of imide groups is 1. The molecule has 5 rings (SSSR count). The summed E-state index contributed by atoms with van der Waals surface area (Å²) in [4.78, 5) is 54.2. The molecule has 9 nitrogen and oxygen atoms in total. The van der Waals surface area contributed by atoms with Crippen LogP contribution in [0.1, 0.15) is 39.6 Å². The van der Waals surface area contributed by atoms with Crippen molar-refractivity contribution in [2.75, 3.05) is 6.54 Å². The molecule has 0 spiro atoms. The lowest BCUT2D eigenvalue weighted by Gasteiger charge is -2.30. The van der Waals surface area contributed by atoms with E-state index in [2.05, 4.69) is 0 Å². The molecule has 3 amide bonds. The summed E-state index contributed by atoms with van der Waals surface area (Å²) in [6.07, 6.45) is 4.02. The number of nitrogens with zero attached hydrogens (tertiary/aromatic N) is 2. The third-order valence-corrected chi connectivity index (χ3v) is 9.28. The Morgan fingerprint density at radius 2 is 1.65 bits per heavy atom. The van der Waals surface area contributed by atoms with Gasteiger partial charge in [-0.25, -0.2) is 5.01 Å². The largest absolute Gasteiger partial charge is 0.379 e. The first-order valence-electron chi connectivity index (χ1n) is 13.3. The van der Waals surface area contributed by atoms with Crippen LogP contribution in [0.3, 0.4) is 0 Å². The monoisotopic (exact) mass is 640 g/mol. The van der Waals surface area contributed by atoms with Gasteiger partial charge in [0.25, 0.3) is 17.7 Å². The molecule has 0 aromatic heterocycles. The zero-order chi connectivity index (χ0) is 31.1. The molecule has 1 heterocycles. The van der Waals surface area contributed by atoms with Crippen LogP contribution in [0.5, 0.6) is 5.75 Å². The molecule has 1 aliphatic heterocycles. The fourth-order valence-electron chi connectivity index (χ4n) is 5.21. The summed E-state index contributed by atoms with van der Waals surface area (Å²) in [6, 6.07) is 15.5. The molecule has 0 bridgehead atoms. The predicted octanol–water partition coefficient (Wildman–Crippen LogP) is 5.51. The number of rotatable bonds is 8. The summed E-state index contributed by atoms with van der Waals surface area (Å²) in [5.41, 5.74) is 0.923. The molecular weight excluding hydrogens is 615 g/mol. The Morgan fingerprint density at radius 1 is 0.977 bits per heavy atom. The van der Waals surface area contributed by atoms with Gasteiger partial charge >= 0.3 is 10.1 Å². The summed E-state index contributed by atoms with van der Waals surface area (Å²) >= 11 is 12.3. The van der Waals surface area contributed by atoms with E-state index < -0.39 is 52.0 Å². The van der Waals surface area contributed by atoms with Crippen LogP contribution in [0.4, 0.5) is 0 Å². The van der Waals surface area contributed by atoms with Crippen LogP contribution in [0.25, 0.3) is 0 Å². The van der Waals surface area contributed by atoms with Crippen molar-refractivity contribution in [3.8, 4) is 5.75 Å². The summed E-state index contributed by atoms with van der Waals surface area (Å²) in [6.45, 7) is 2.97. The SMILES string of the molecule is Cc1ccc(S(=O)(=O)Oc2ccc(C(=O)CN(C(=O)c3ccc(Cl)cc3Cl)N3C(=O)[C@@H]4[C@H](C)C=CC[C@H]4C3=O)cc2)cc1. The molecule has 222 valence electrons. The first-order chi connectivity index (χ1) is 20.4. The minimum absolute atomic E-state index is 0.0159. The van der Waals surface area contributed by atoms with Gasteiger partial charge in [-0.2, -0.15) is 13.4 Å².